The van der Waals surface area contributed by atoms with Crippen molar-refractivity contribution in [2.75, 3.05) is 13.2 Å². The first kappa shape index (κ1) is 77.6. The Labute approximate surface area is 503 Å². The first-order valence-electron chi connectivity index (χ1n) is 35.1. The van der Waals surface area contributed by atoms with Gasteiger partial charge in [-0.15, -0.1) is 0 Å². The molecule has 468 valence electrons. The minimum atomic E-state index is -0.788. The van der Waals surface area contributed by atoms with E-state index in [9.17, 15) is 14.4 Å². The van der Waals surface area contributed by atoms with Crippen LogP contribution in [0.2, 0.25) is 0 Å². The largest absolute Gasteiger partial charge is 0.462 e. The van der Waals surface area contributed by atoms with Crippen molar-refractivity contribution in [2.45, 2.75) is 361 Å². The maximum absolute atomic E-state index is 12.9. The monoisotopic (exact) mass is 1130 g/mol. The van der Waals surface area contributed by atoms with Crippen LogP contribution in [0, 0.1) is 0 Å². The van der Waals surface area contributed by atoms with E-state index in [-0.39, 0.29) is 31.1 Å². The molecule has 1 atom stereocenters. The molecule has 6 nitrogen and oxygen atoms in total. The highest BCUT2D eigenvalue weighted by atomic mass is 16.6. The quantitative estimate of drug-likeness (QED) is 0.0261. The van der Waals surface area contributed by atoms with Crippen LogP contribution in [0.15, 0.2) is 85.1 Å². The second-order valence-electron chi connectivity index (χ2n) is 23.4. The molecule has 0 bridgehead atoms. The molecule has 0 amide bonds. The summed E-state index contributed by atoms with van der Waals surface area (Å²) in [6, 6.07) is 0. The van der Waals surface area contributed by atoms with Crippen LogP contribution in [-0.4, -0.2) is 37.2 Å². The van der Waals surface area contributed by atoms with E-state index in [0.29, 0.717) is 19.3 Å². The minimum absolute atomic E-state index is 0.0826. The van der Waals surface area contributed by atoms with Gasteiger partial charge in [0.25, 0.3) is 0 Å². The highest BCUT2D eigenvalue weighted by Crippen LogP contribution is 2.17. The topological polar surface area (TPSA) is 78.9 Å². The van der Waals surface area contributed by atoms with Crippen molar-refractivity contribution >= 4 is 17.9 Å². The summed E-state index contributed by atoms with van der Waals surface area (Å²) >= 11 is 0. The number of hydrogen-bond acceptors (Lipinski definition) is 6. The number of hydrogen-bond donors (Lipinski definition) is 0. The van der Waals surface area contributed by atoms with Crippen LogP contribution in [0.3, 0.4) is 0 Å². The van der Waals surface area contributed by atoms with Gasteiger partial charge in [-0.05, 0) is 122 Å². The van der Waals surface area contributed by atoms with Crippen LogP contribution in [-0.2, 0) is 28.6 Å². The van der Waals surface area contributed by atoms with E-state index < -0.39 is 6.10 Å². The maximum Gasteiger partial charge on any atom is 0.306 e. The molecule has 0 rings (SSSR count). The van der Waals surface area contributed by atoms with E-state index in [0.717, 1.165) is 96.3 Å². The molecule has 0 aliphatic heterocycles. The van der Waals surface area contributed by atoms with E-state index in [1.54, 1.807) is 0 Å². The van der Waals surface area contributed by atoms with Gasteiger partial charge in [0.2, 0.25) is 0 Å². The predicted molar refractivity (Wildman–Crippen MR) is 353 cm³/mol. The molecular weight excluding hydrogens is 997 g/mol. The van der Waals surface area contributed by atoms with Crippen LogP contribution in [0.5, 0.6) is 0 Å². The molecule has 0 fully saturated rings. The summed E-state index contributed by atoms with van der Waals surface area (Å²) in [5, 5.41) is 0. The smallest absolute Gasteiger partial charge is 0.306 e. The van der Waals surface area contributed by atoms with Gasteiger partial charge in [-0.25, -0.2) is 0 Å². The third-order valence-corrected chi connectivity index (χ3v) is 15.3. The lowest BCUT2D eigenvalue weighted by molar-refractivity contribution is -0.167. The lowest BCUT2D eigenvalue weighted by Crippen LogP contribution is -2.30. The van der Waals surface area contributed by atoms with E-state index in [1.165, 1.54) is 218 Å². The second-order valence-corrected chi connectivity index (χ2v) is 23.4. The fraction of sp³-hybridized carbons (Fsp3) is 0.773. The summed E-state index contributed by atoms with van der Waals surface area (Å²) in [4.78, 5) is 38.5. The Morgan fingerprint density at radius 1 is 0.247 bits per heavy atom. The Morgan fingerprint density at radius 2 is 0.444 bits per heavy atom. The third kappa shape index (κ3) is 67.3. The van der Waals surface area contributed by atoms with Gasteiger partial charge in [-0.2, -0.15) is 0 Å². The Morgan fingerprint density at radius 3 is 0.728 bits per heavy atom. The van der Waals surface area contributed by atoms with Gasteiger partial charge in [0.05, 0.1) is 0 Å². The number of allylic oxidation sites excluding steroid dienone is 14. The van der Waals surface area contributed by atoms with Crippen LogP contribution in [0.1, 0.15) is 355 Å². The number of esters is 3. The summed E-state index contributed by atoms with van der Waals surface area (Å²) in [5.41, 5.74) is 0. The first-order chi connectivity index (χ1) is 40.0. The van der Waals surface area contributed by atoms with Crippen LogP contribution >= 0.6 is 0 Å². The average Bonchev–Trinajstić information content (AvgIpc) is 3.47. The summed E-state index contributed by atoms with van der Waals surface area (Å²) in [6.07, 6.45) is 91.7. The predicted octanol–water partition coefficient (Wildman–Crippen LogP) is 24.2. The van der Waals surface area contributed by atoms with Crippen LogP contribution < -0.4 is 0 Å². The SMILES string of the molecule is CCCCC/C=C\C/C=C\C/C=C\CCCCCCCCC(=O)OC(COC(=O)CCCCCCCCC/C=C\CCCCCCCC)COC(=O)CCCCCCCCCCCCCC/C=C\C/C=C\C/C=C\CCCCCCC. The standard InChI is InChI=1S/C75H132O6/c1-4-7-10-13-16-19-22-25-28-31-33-34-35-36-37-38-39-40-42-44-47-50-53-56-59-62-65-68-74(77)80-71-72(70-79-73(76)67-64-61-58-55-52-49-46-43-30-27-24-21-18-15-12-9-6-3)81-75(78)69-66-63-60-57-54-51-48-45-41-32-29-26-23-20-17-14-11-8-5-2/h17,20,22,25-27,29-31,33,35-36,41,45,72H,4-16,18-19,21,23-24,28,32,34,37-40,42-44,46-71H2,1-3H3/b20-17-,25-22-,29-26-,30-27-,33-31-,36-35-,45-41-. The molecule has 0 saturated heterocycles. The molecule has 0 aliphatic rings. The highest BCUT2D eigenvalue weighted by molar-refractivity contribution is 5.71. The highest BCUT2D eigenvalue weighted by Gasteiger charge is 2.19. The van der Waals surface area contributed by atoms with Crippen molar-refractivity contribution in [1.82, 2.24) is 0 Å². The lowest BCUT2D eigenvalue weighted by Gasteiger charge is -2.18. The summed E-state index contributed by atoms with van der Waals surface area (Å²) in [6.45, 7) is 6.62. The minimum Gasteiger partial charge on any atom is -0.462 e. The van der Waals surface area contributed by atoms with Crippen molar-refractivity contribution < 1.29 is 28.6 Å². The number of carbonyl (C=O) groups is 3. The molecular formula is C75H132O6. The average molecular weight is 1130 g/mol. The fourth-order valence-electron chi connectivity index (χ4n) is 10.0. The number of carbonyl (C=O) groups excluding carboxylic acids is 3. The fourth-order valence-corrected chi connectivity index (χ4v) is 10.0. The van der Waals surface area contributed by atoms with E-state index in [1.807, 2.05) is 0 Å². The molecule has 0 spiro atoms. The van der Waals surface area contributed by atoms with Crippen molar-refractivity contribution in [1.29, 1.82) is 0 Å². The van der Waals surface area contributed by atoms with Gasteiger partial charge in [-0.1, -0.05) is 298 Å². The first-order valence-corrected chi connectivity index (χ1v) is 35.1. The molecule has 1 unspecified atom stereocenters. The van der Waals surface area contributed by atoms with E-state index >= 15 is 0 Å². The molecule has 0 N–H and O–H groups in total. The van der Waals surface area contributed by atoms with E-state index in [4.69, 9.17) is 14.2 Å². The zero-order valence-corrected chi connectivity index (χ0v) is 53.8. The molecule has 0 aliphatic carbocycles. The van der Waals surface area contributed by atoms with Crippen molar-refractivity contribution in [3.63, 3.8) is 0 Å². The third-order valence-electron chi connectivity index (χ3n) is 15.3. The number of rotatable bonds is 64. The molecule has 6 heteroatoms. The Bertz CT molecular complexity index is 1530. The molecule has 0 aromatic heterocycles. The Hall–Kier alpha value is -3.41. The summed E-state index contributed by atoms with van der Waals surface area (Å²) in [7, 11) is 0. The molecule has 0 heterocycles. The Balaban J connectivity index is 4.35. The maximum atomic E-state index is 12.9. The molecule has 81 heavy (non-hydrogen) atoms. The van der Waals surface area contributed by atoms with Gasteiger partial charge < -0.3 is 14.2 Å². The van der Waals surface area contributed by atoms with Gasteiger partial charge in [0.1, 0.15) is 13.2 Å². The van der Waals surface area contributed by atoms with E-state index in [2.05, 4.69) is 106 Å². The van der Waals surface area contributed by atoms with Gasteiger partial charge in [-0.3, -0.25) is 14.4 Å². The second kappa shape index (κ2) is 69.1. The zero-order valence-electron chi connectivity index (χ0n) is 53.8. The van der Waals surface area contributed by atoms with Gasteiger partial charge in [0.15, 0.2) is 6.10 Å². The normalized spacial score (nSPS) is 12.6. The van der Waals surface area contributed by atoms with Gasteiger partial charge >= 0.3 is 17.9 Å². The molecule has 0 aromatic carbocycles. The van der Waals surface area contributed by atoms with Gasteiger partial charge in [0, 0.05) is 19.3 Å². The zero-order chi connectivity index (χ0) is 58.5. The lowest BCUT2D eigenvalue weighted by atomic mass is 10.0. The van der Waals surface area contributed by atoms with Crippen LogP contribution in [0.25, 0.3) is 0 Å². The summed E-state index contributed by atoms with van der Waals surface area (Å²) in [5.74, 6) is -0.884. The van der Waals surface area contributed by atoms with Crippen molar-refractivity contribution in [3.05, 3.63) is 85.1 Å². The Kier molecular flexibility index (Phi) is 66.2. The molecule has 0 radical (unpaired) electrons. The summed E-state index contributed by atoms with van der Waals surface area (Å²) < 4.78 is 17.0. The molecule has 0 aromatic rings. The molecule has 0 saturated carbocycles. The number of ether oxygens (including phenoxy) is 3. The number of unbranched alkanes of at least 4 members (excludes halogenated alkanes) is 39. The van der Waals surface area contributed by atoms with Crippen molar-refractivity contribution in [3.8, 4) is 0 Å². The van der Waals surface area contributed by atoms with Crippen LogP contribution in [0.4, 0.5) is 0 Å². The van der Waals surface area contributed by atoms with Crippen molar-refractivity contribution in [2.24, 2.45) is 0 Å².